The van der Waals surface area contributed by atoms with E-state index in [2.05, 4.69) is 9.97 Å². The second-order valence-corrected chi connectivity index (χ2v) is 7.72. The molecule has 3 rings (SSSR count). The van der Waals surface area contributed by atoms with Gasteiger partial charge in [0.25, 0.3) is 21.5 Å². The van der Waals surface area contributed by atoms with E-state index in [1.807, 2.05) is 0 Å². The summed E-state index contributed by atoms with van der Waals surface area (Å²) in [5.74, 6) is -0.390. The lowest BCUT2D eigenvalue weighted by molar-refractivity contribution is 0.0762. The number of aryl methyl sites for hydroxylation is 1. The van der Waals surface area contributed by atoms with E-state index in [4.69, 9.17) is 0 Å². The molecule has 1 aliphatic rings. The van der Waals surface area contributed by atoms with Gasteiger partial charge in [-0.1, -0.05) is 0 Å². The molecular weight excluding hydrogens is 346 g/mol. The number of rotatable bonds is 3. The van der Waals surface area contributed by atoms with Crippen molar-refractivity contribution in [1.29, 1.82) is 0 Å². The van der Waals surface area contributed by atoms with Crippen LogP contribution < -0.4 is 5.56 Å². The average Bonchev–Trinajstić information content (AvgIpc) is 2.88. The molecule has 2 aromatic heterocycles. The van der Waals surface area contributed by atoms with E-state index >= 15 is 0 Å². The van der Waals surface area contributed by atoms with Crippen LogP contribution in [-0.4, -0.2) is 64.2 Å². The molecule has 0 radical (unpaired) electrons. The Morgan fingerprint density at radius 3 is 2.72 bits per heavy atom. The number of sulfonamides is 1. The number of imidazole rings is 1. The minimum absolute atomic E-state index is 0.00530. The molecule has 1 fully saturated rings. The Kier molecular flexibility index (Phi) is 4.73. The molecule has 0 atom stereocenters. The quantitative estimate of drug-likeness (QED) is 0.799. The SMILES string of the molecule is Cn1cnc(S(=O)(=O)N2CCCN(C(=O)c3ccc[nH]c3=O)CC2)c1. The van der Waals surface area contributed by atoms with Crippen molar-refractivity contribution in [2.75, 3.05) is 26.2 Å². The molecule has 0 aromatic carbocycles. The van der Waals surface area contributed by atoms with Gasteiger partial charge in [-0.2, -0.15) is 4.31 Å². The van der Waals surface area contributed by atoms with E-state index < -0.39 is 15.6 Å². The number of nitrogens with one attached hydrogen (secondary N) is 1. The fourth-order valence-corrected chi connectivity index (χ4v) is 4.19. The fourth-order valence-electron chi connectivity index (χ4n) is 2.75. The molecule has 3 heterocycles. The average molecular weight is 365 g/mol. The lowest BCUT2D eigenvalue weighted by Gasteiger charge is -2.21. The van der Waals surface area contributed by atoms with Crippen LogP contribution in [0.3, 0.4) is 0 Å². The Morgan fingerprint density at radius 2 is 2.04 bits per heavy atom. The third kappa shape index (κ3) is 3.49. The van der Waals surface area contributed by atoms with Gasteiger partial charge in [0.2, 0.25) is 0 Å². The first-order valence-electron chi connectivity index (χ1n) is 7.84. The number of aromatic amines is 1. The second-order valence-electron chi connectivity index (χ2n) is 5.84. The maximum absolute atomic E-state index is 12.6. The lowest BCUT2D eigenvalue weighted by atomic mass is 10.2. The zero-order chi connectivity index (χ0) is 18.0. The molecule has 0 aliphatic carbocycles. The summed E-state index contributed by atoms with van der Waals surface area (Å²) in [6, 6.07) is 3.05. The number of carbonyl (C=O) groups is 1. The van der Waals surface area contributed by atoms with Gasteiger partial charge in [-0.3, -0.25) is 9.59 Å². The highest BCUT2D eigenvalue weighted by molar-refractivity contribution is 7.89. The second kappa shape index (κ2) is 6.81. The highest BCUT2D eigenvalue weighted by Crippen LogP contribution is 2.16. The number of amides is 1. The monoisotopic (exact) mass is 365 g/mol. The molecule has 25 heavy (non-hydrogen) atoms. The molecule has 1 saturated heterocycles. The Hall–Kier alpha value is -2.46. The van der Waals surface area contributed by atoms with Gasteiger partial charge >= 0.3 is 0 Å². The lowest BCUT2D eigenvalue weighted by Crippen LogP contribution is -2.39. The molecular formula is C15H19N5O4S. The summed E-state index contributed by atoms with van der Waals surface area (Å²) in [7, 11) is -1.99. The minimum atomic E-state index is -3.69. The van der Waals surface area contributed by atoms with Crippen molar-refractivity contribution in [2.24, 2.45) is 7.05 Å². The van der Waals surface area contributed by atoms with Gasteiger partial charge in [-0.15, -0.1) is 0 Å². The van der Waals surface area contributed by atoms with Gasteiger partial charge in [0.05, 0.1) is 6.33 Å². The first kappa shape index (κ1) is 17.4. The van der Waals surface area contributed by atoms with E-state index in [-0.39, 0.29) is 29.6 Å². The van der Waals surface area contributed by atoms with Crippen LogP contribution in [0.25, 0.3) is 0 Å². The summed E-state index contributed by atoms with van der Waals surface area (Å²) in [6.45, 7) is 1.07. The number of pyridine rings is 1. The number of H-pyrrole nitrogens is 1. The maximum atomic E-state index is 12.6. The summed E-state index contributed by atoms with van der Waals surface area (Å²) >= 11 is 0. The molecule has 1 aliphatic heterocycles. The highest BCUT2D eigenvalue weighted by Gasteiger charge is 2.30. The van der Waals surface area contributed by atoms with E-state index in [1.165, 1.54) is 34.0 Å². The van der Waals surface area contributed by atoms with Crippen LogP contribution >= 0.6 is 0 Å². The third-order valence-corrected chi connectivity index (χ3v) is 5.86. The standard InChI is InChI=1S/C15H19N5O4S/c1-18-10-13(17-11-18)25(23,24)20-7-3-6-19(8-9-20)15(22)12-4-2-5-16-14(12)21/h2,4-5,10-11H,3,6-9H2,1H3,(H,16,21). The predicted molar refractivity (Wildman–Crippen MR) is 89.6 cm³/mol. The highest BCUT2D eigenvalue weighted by atomic mass is 32.2. The van der Waals surface area contributed by atoms with Crippen molar-refractivity contribution in [3.05, 3.63) is 46.8 Å². The summed E-state index contributed by atoms with van der Waals surface area (Å²) in [6.07, 6.45) is 4.83. The Balaban J connectivity index is 1.76. The smallest absolute Gasteiger partial charge is 0.262 e. The Morgan fingerprint density at radius 1 is 1.24 bits per heavy atom. The van der Waals surface area contributed by atoms with Crippen LogP contribution in [0.1, 0.15) is 16.8 Å². The zero-order valence-electron chi connectivity index (χ0n) is 13.8. The van der Waals surface area contributed by atoms with E-state index in [0.29, 0.717) is 19.5 Å². The van der Waals surface area contributed by atoms with Crippen LogP contribution in [0.4, 0.5) is 0 Å². The summed E-state index contributed by atoms with van der Waals surface area (Å²) in [4.78, 5) is 32.2. The van der Waals surface area contributed by atoms with Crippen molar-refractivity contribution in [1.82, 2.24) is 23.7 Å². The number of hydrogen-bond acceptors (Lipinski definition) is 5. The fraction of sp³-hybridized carbons (Fsp3) is 0.400. The summed E-state index contributed by atoms with van der Waals surface area (Å²) in [5, 5.41) is -0.00530. The van der Waals surface area contributed by atoms with Gasteiger partial charge in [0.15, 0.2) is 5.03 Å². The number of nitrogens with zero attached hydrogens (tertiary/aromatic N) is 4. The molecule has 0 unspecified atom stereocenters. The van der Waals surface area contributed by atoms with Crippen LogP contribution in [0.15, 0.2) is 40.7 Å². The minimum Gasteiger partial charge on any atom is -0.339 e. The number of carbonyl (C=O) groups excluding carboxylic acids is 1. The summed E-state index contributed by atoms with van der Waals surface area (Å²) < 4.78 is 28.2. The molecule has 0 bridgehead atoms. The molecule has 1 amide bonds. The Labute approximate surface area is 144 Å². The number of aromatic nitrogens is 3. The van der Waals surface area contributed by atoms with Crippen LogP contribution in [0.2, 0.25) is 0 Å². The van der Waals surface area contributed by atoms with Crippen molar-refractivity contribution >= 4 is 15.9 Å². The summed E-state index contributed by atoms with van der Waals surface area (Å²) in [5.41, 5.74) is -0.391. The van der Waals surface area contributed by atoms with Gasteiger partial charge in [0, 0.05) is 45.6 Å². The first-order valence-corrected chi connectivity index (χ1v) is 9.28. The molecule has 0 saturated carbocycles. The van der Waals surface area contributed by atoms with Crippen LogP contribution in [-0.2, 0) is 17.1 Å². The zero-order valence-corrected chi connectivity index (χ0v) is 14.6. The molecule has 10 heteroatoms. The molecule has 9 nitrogen and oxygen atoms in total. The van der Waals surface area contributed by atoms with Crippen molar-refractivity contribution in [2.45, 2.75) is 11.4 Å². The third-order valence-electron chi connectivity index (χ3n) is 4.08. The van der Waals surface area contributed by atoms with E-state index in [9.17, 15) is 18.0 Å². The number of hydrogen-bond donors (Lipinski definition) is 1. The normalized spacial score (nSPS) is 16.6. The van der Waals surface area contributed by atoms with Gasteiger partial charge in [-0.05, 0) is 18.6 Å². The van der Waals surface area contributed by atoms with Crippen molar-refractivity contribution in [3.63, 3.8) is 0 Å². The van der Waals surface area contributed by atoms with Gasteiger partial charge < -0.3 is 14.5 Å². The first-order chi connectivity index (χ1) is 11.9. The molecule has 134 valence electrons. The Bertz CT molecular complexity index is 933. The van der Waals surface area contributed by atoms with Gasteiger partial charge in [-0.25, -0.2) is 13.4 Å². The van der Waals surface area contributed by atoms with Crippen LogP contribution in [0.5, 0.6) is 0 Å². The van der Waals surface area contributed by atoms with Crippen molar-refractivity contribution in [3.8, 4) is 0 Å². The maximum Gasteiger partial charge on any atom is 0.262 e. The van der Waals surface area contributed by atoms with E-state index in [1.54, 1.807) is 17.7 Å². The topological polar surface area (TPSA) is 108 Å². The molecule has 2 aromatic rings. The van der Waals surface area contributed by atoms with Crippen molar-refractivity contribution < 1.29 is 13.2 Å². The molecule has 1 N–H and O–H groups in total. The van der Waals surface area contributed by atoms with E-state index in [0.717, 1.165) is 0 Å². The van der Waals surface area contributed by atoms with Gasteiger partial charge in [0.1, 0.15) is 5.56 Å². The largest absolute Gasteiger partial charge is 0.339 e. The predicted octanol–water partition coefficient (Wildman–Crippen LogP) is -0.355. The molecule has 0 spiro atoms. The van der Waals surface area contributed by atoms with Crippen LogP contribution in [0, 0.1) is 0 Å².